The number of rotatable bonds is 3. The van der Waals surface area contributed by atoms with Crippen molar-refractivity contribution in [2.45, 2.75) is 37.8 Å². The lowest BCUT2D eigenvalue weighted by Gasteiger charge is -2.29. The third-order valence-corrected chi connectivity index (χ3v) is 3.81. The van der Waals surface area contributed by atoms with Gasteiger partial charge in [-0.3, -0.25) is 0 Å². The predicted molar refractivity (Wildman–Crippen MR) is 62.6 cm³/mol. The van der Waals surface area contributed by atoms with E-state index in [0.717, 1.165) is 6.42 Å². The summed E-state index contributed by atoms with van der Waals surface area (Å²) < 4.78 is 0. The second-order valence-corrected chi connectivity index (χ2v) is 4.87. The van der Waals surface area contributed by atoms with Crippen LogP contribution < -0.4 is 5.32 Å². The minimum atomic E-state index is 0.591. The average Bonchev–Trinajstić information content (AvgIpc) is 2.71. The molecule has 2 heterocycles. The highest BCUT2D eigenvalue weighted by atomic mass is 32.1. The van der Waals surface area contributed by atoms with Crippen molar-refractivity contribution in [3.05, 3.63) is 35.0 Å². The fourth-order valence-electron chi connectivity index (χ4n) is 2.12. The SMILES string of the molecule is C=CCC1CCCC(c2cccs2)N1. The second-order valence-electron chi connectivity index (χ2n) is 3.89. The van der Waals surface area contributed by atoms with E-state index in [-0.39, 0.29) is 0 Å². The Hall–Kier alpha value is -0.600. The molecular weight excluding hydrogens is 190 g/mol. The average molecular weight is 207 g/mol. The van der Waals surface area contributed by atoms with Gasteiger partial charge < -0.3 is 5.32 Å². The van der Waals surface area contributed by atoms with Gasteiger partial charge in [0, 0.05) is 17.0 Å². The minimum absolute atomic E-state index is 0.591. The molecule has 1 fully saturated rings. The molecule has 14 heavy (non-hydrogen) atoms. The van der Waals surface area contributed by atoms with E-state index < -0.39 is 0 Å². The van der Waals surface area contributed by atoms with Gasteiger partial charge in [-0.05, 0) is 37.1 Å². The van der Waals surface area contributed by atoms with Gasteiger partial charge in [0.05, 0.1) is 0 Å². The van der Waals surface area contributed by atoms with E-state index in [9.17, 15) is 0 Å². The van der Waals surface area contributed by atoms with Gasteiger partial charge in [0.1, 0.15) is 0 Å². The molecule has 0 spiro atoms. The van der Waals surface area contributed by atoms with E-state index in [2.05, 4.69) is 29.4 Å². The van der Waals surface area contributed by atoms with Gasteiger partial charge in [-0.15, -0.1) is 17.9 Å². The molecule has 0 radical (unpaired) electrons. The van der Waals surface area contributed by atoms with Crippen LogP contribution in [0.3, 0.4) is 0 Å². The molecule has 0 aromatic carbocycles. The van der Waals surface area contributed by atoms with Crippen molar-refractivity contribution in [3.63, 3.8) is 0 Å². The smallest absolute Gasteiger partial charge is 0.0417 e. The Kier molecular flexibility index (Phi) is 3.38. The molecule has 1 aliphatic rings. The van der Waals surface area contributed by atoms with E-state index in [4.69, 9.17) is 0 Å². The van der Waals surface area contributed by atoms with Crippen LogP contribution in [0.15, 0.2) is 30.2 Å². The summed E-state index contributed by atoms with van der Waals surface area (Å²) >= 11 is 1.86. The first-order valence-corrected chi connectivity index (χ1v) is 6.18. The monoisotopic (exact) mass is 207 g/mol. The number of thiophene rings is 1. The third kappa shape index (κ3) is 2.25. The molecule has 0 amide bonds. The molecule has 1 aromatic heterocycles. The van der Waals surface area contributed by atoms with Crippen LogP contribution in [0.25, 0.3) is 0 Å². The number of nitrogens with one attached hydrogen (secondary N) is 1. The highest BCUT2D eigenvalue weighted by molar-refractivity contribution is 7.10. The lowest BCUT2D eigenvalue weighted by atomic mass is 9.96. The molecule has 1 saturated heterocycles. The standard InChI is InChI=1S/C12H17NS/c1-2-5-10-6-3-7-11(13-10)12-8-4-9-14-12/h2,4,8-11,13H,1,3,5-7H2. The van der Waals surface area contributed by atoms with Crippen molar-refractivity contribution >= 4 is 11.3 Å². The Morgan fingerprint density at radius 3 is 3.21 bits per heavy atom. The summed E-state index contributed by atoms with van der Waals surface area (Å²) in [5.74, 6) is 0. The lowest BCUT2D eigenvalue weighted by Crippen LogP contribution is -2.36. The number of hydrogen-bond donors (Lipinski definition) is 1. The fraction of sp³-hybridized carbons (Fsp3) is 0.500. The highest BCUT2D eigenvalue weighted by Gasteiger charge is 2.21. The van der Waals surface area contributed by atoms with Crippen LogP contribution >= 0.6 is 11.3 Å². The second kappa shape index (κ2) is 4.76. The van der Waals surface area contributed by atoms with Crippen LogP contribution in [0.4, 0.5) is 0 Å². The fourth-order valence-corrected chi connectivity index (χ4v) is 2.94. The summed E-state index contributed by atoms with van der Waals surface area (Å²) in [5, 5.41) is 5.86. The van der Waals surface area contributed by atoms with Crippen molar-refractivity contribution in [1.29, 1.82) is 0 Å². The summed E-state index contributed by atoms with van der Waals surface area (Å²) in [5.41, 5.74) is 0. The van der Waals surface area contributed by atoms with Gasteiger partial charge in [0.2, 0.25) is 0 Å². The molecular formula is C12H17NS. The molecule has 2 atom stereocenters. The van der Waals surface area contributed by atoms with Gasteiger partial charge in [-0.25, -0.2) is 0 Å². The largest absolute Gasteiger partial charge is 0.306 e. The maximum Gasteiger partial charge on any atom is 0.0417 e. The van der Waals surface area contributed by atoms with Crippen molar-refractivity contribution in [2.24, 2.45) is 0 Å². The van der Waals surface area contributed by atoms with E-state index in [1.807, 2.05) is 17.4 Å². The van der Waals surface area contributed by atoms with Gasteiger partial charge >= 0.3 is 0 Å². The molecule has 0 saturated carbocycles. The summed E-state index contributed by atoms with van der Waals surface area (Å²) in [6, 6.07) is 5.61. The van der Waals surface area contributed by atoms with Crippen molar-refractivity contribution in [2.75, 3.05) is 0 Å². The molecule has 2 heteroatoms. The first-order valence-electron chi connectivity index (χ1n) is 5.30. The predicted octanol–water partition coefficient (Wildman–Crippen LogP) is 3.51. The molecule has 0 bridgehead atoms. The van der Waals surface area contributed by atoms with Gasteiger partial charge in [-0.2, -0.15) is 0 Å². The van der Waals surface area contributed by atoms with Crippen molar-refractivity contribution in [1.82, 2.24) is 5.32 Å². The number of piperidine rings is 1. The van der Waals surface area contributed by atoms with Crippen LogP contribution in [0.1, 0.15) is 36.6 Å². The lowest BCUT2D eigenvalue weighted by molar-refractivity contribution is 0.329. The Labute approximate surface area is 89.8 Å². The maximum atomic E-state index is 3.81. The van der Waals surface area contributed by atoms with E-state index in [0.29, 0.717) is 12.1 Å². The zero-order valence-electron chi connectivity index (χ0n) is 8.41. The normalized spacial score (nSPS) is 27.4. The molecule has 1 nitrogen and oxygen atoms in total. The summed E-state index contributed by atoms with van der Waals surface area (Å²) in [6.07, 6.45) is 7.05. The first kappa shape index (κ1) is 9.94. The van der Waals surface area contributed by atoms with Gasteiger partial charge in [0.15, 0.2) is 0 Å². The van der Waals surface area contributed by atoms with E-state index in [1.165, 1.54) is 24.1 Å². The van der Waals surface area contributed by atoms with Crippen LogP contribution in [-0.4, -0.2) is 6.04 Å². The highest BCUT2D eigenvalue weighted by Crippen LogP contribution is 2.29. The Bertz CT molecular complexity index is 279. The molecule has 2 rings (SSSR count). The molecule has 1 N–H and O–H groups in total. The Morgan fingerprint density at radius 2 is 2.50 bits per heavy atom. The van der Waals surface area contributed by atoms with E-state index >= 15 is 0 Å². The van der Waals surface area contributed by atoms with Crippen LogP contribution in [0.5, 0.6) is 0 Å². The molecule has 2 unspecified atom stereocenters. The zero-order valence-corrected chi connectivity index (χ0v) is 9.22. The Morgan fingerprint density at radius 1 is 1.57 bits per heavy atom. The first-order chi connectivity index (χ1) is 6.90. The third-order valence-electron chi connectivity index (χ3n) is 2.82. The van der Waals surface area contributed by atoms with Gasteiger partial charge in [0.25, 0.3) is 0 Å². The van der Waals surface area contributed by atoms with Gasteiger partial charge in [-0.1, -0.05) is 12.1 Å². The number of hydrogen-bond acceptors (Lipinski definition) is 2. The summed E-state index contributed by atoms with van der Waals surface area (Å²) in [6.45, 7) is 3.81. The quantitative estimate of drug-likeness (QED) is 0.748. The van der Waals surface area contributed by atoms with Crippen LogP contribution in [0, 0.1) is 0 Å². The molecule has 1 aromatic rings. The van der Waals surface area contributed by atoms with Crippen molar-refractivity contribution in [3.8, 4) is 0 Å². The van der Waals surface area contributed by atoms with Crippen LogP contribution in [0.2, 0.25) is 0 Å². The topological polar surface area (TPSA) is 12.0 Å². The van der Waals surface area contributed by atoms with E-state index in [1.54, 1.807) is 0 Å². The van der Waals surface area contributed by atoms with Crippen molar-refractivity contribution < 1.29 is 0 Å². The maximum absolute atomic E-state index is 3.81. The summed E-state index contributed by atoms with van der Waals surface area (Å²) in [7, 11) is 0. The summed E-state index contributed by atoms with van der Waals surface area (Å²) in [4.78, 5) is 1.48. The molecule has 1 aliphatic heterocycles. The van der Waals surface area contributed by atoms with Crippen LogP contribution in [-0.2, 0) is 0 Å². The Balaban J connectivity index is 1.97. The molecule has 0 aliphatic carbocycles. The minimum Gasteiger partial charge on any atom is -0.306 e. The zero-order chi connectivity index (χ0) is 9.80. The molecule has 76 valence electrons.